The minimum absolute atomic E-state index is 0. The van der Waals surface area contributed by atoms with Crippen molar-refractivity contribution in [2.45, 2.75) is 194 Å². The summed E-state index contributed by atoms with van der Waals surface area (Å²) < 4.78 is 0. The molecule has 11 heteroatoms. The Hall–Kier alpha value is 0.181. The summed E-state index contributed by atoms with van der Waals surface area (Å²) >= 11 is 0. The Balaban J connectivity index is 0.000000195. The maximum Gasteiger partial charge on any atom is 2.00 e. The minimum Gasteiger partial charge on any atom is -0.550 e. The Morgan fingerprint density at radius 3 is 1.24 bits per heavy atom. The van der Waals surface area contributed by atoms with Crippen LogP contribution in [-0.2, 0) is 9.59 Å². The fraction of sp³-hybridized carbons (Fsp3) is 0.958. The number of carboxylic acids is 2. The number of carbonyl (C=O) groups is 2. The molecule has 332 valence electrons. The van der Waals surface area contributed by atoms with E-state index in [9.17, 15) is 50.4 Å². The fourth-order valence-electron chi connectivity index (χ4n) is 17.4. The van der Waals surface area contributed by atoms with Gasteiger partial charge in [0.1, 0.15) is 0 Å². The van der Waals surface area contributed by atoms with Crippen molar-refractivity contribution in [1.82, 2.24) is 0 Å². The van der Waals surface area contributed by atoms with Crippen molar-refractivity contribution >= 4 is 57.4 Å². The molecule has 0 radical (unpaired) electrons. The molecule has 0 bridgehead atoms. The van der Waals surface area contributed by atoms with Gasteiger partial charge in [-0.3, -0.25) is 0 Å². The van der Waals surface area contributed by atoms with Crippen molar-refractivity contribution in [2.24, 2.45) is 92.7 Å². The van der Waals surface area contributed by atoms with Gasteiger partial charge in [-0.15, -0.1) is 0 Å². The van der Waals surface area contributed by atoms with Gasteiger partial charge in [0, 0.05) is 11.9 Å². The van der Waals surface area contributed by atoms with Gasteiger partial charge in [0.15, 0.2) is 0 Å². The SMILES string of the molecule is CC(CCC(=O)[O-])C1CCC2C3C(O)CC4CC(O)CCC4(C)C3CC(O)C12C.CC(CCC(=O)[O-])C1CCC2C3C(O)CC4CC(O)CCC4(C)C3CC(O)C12C.[Sr+2]. The van der Waals surface area contributed by atoms with E-state index in [0.29, 0.717) is 36.5 Å². The van der Waals surface area contributed by atoms with Crippen LogP contribution in [0.1, 0.15) is 157 Å². The van der Waals surface area contributed by atoms with Crippen LogP contribution in [0.25, 0.3) is 0 Å². The molecule has 8 fully saturated rings. The van der Waals surface area contributed by atoms with Gasteiger partial charge in [0.25, 0.3) is 0 Å². The van der Waals surface area contributed by atoms with E-state index in [4.69, 9.17) is 0 Å². The third kappa shape index (κ3) is 8.36. The van der Waals surface area contributed by atoms with Gasteiger partial charge in [-0.25, -0.2) is 0 Å². The maximum atomic E-state index is 11.5. The second-order valence-electron chi connectivity index (χ2n) is 22.8. The zero-order chi connectivity index (χ0) is 42.3. The molecule has 8 aliphatic rings. The maximum absolute atomic E-state index is 11.5. The second-order valence-corrected chi connectivity index (χ2v) is 22.8. The van der Waals surface area contributed by atoms with Gasteiger partial charge in [-0.05, 0) is 208 Å². The number of hydrogen-bond donors (Lipinski definition) is 6. The predicted octanol–water partition coefficient (Wildman–Crippen LogP) is 3.85. The summed E-state index contributed by atoms with van der Waals surface area (Å²) in [6.07, 6.45) is 11.4. The summed E-state index contributed by atoms with van der Waals surface area (Å²) in [5.74, 6) is 1.27. The third-order valence-electron chi connectivity index (χ3n) is 20.6. The van der Waals surface area contributed by atoms with Crippen LogP contribution in [0.2, 0.25) is 0 Å². The van der Waals surface area contributed by atoms with E-state index in [2.05, 4.69) is 41.5 Å². The van der Waals surface area contributed by atoms with Crippen LogP contribution in [0.5, 0.6) is 0 Å². The van der Waals surface area contributed by atoms with Crippen molar-refractivity contribution in [3.05, 3.63) is 0 Å². The number of aliphatic hydroxyl groups excluding tert-OH is 6. The molecule has 0 amide bonds. The average Bonchev–Trinajstić information content (AvgIpc) is 3.70. The number of aliphatic carboxylic acids is 2. The Bertz CT molecular complexity index is 1390. The molecule has 8 rings (SSSR count). The second kappa shape index (κ2) is 18.2. The molecule has 0 aliphatic heterocycles. The Morgan fingerprint density at radius 1 is 0.542 bits per heavy atom. The smallest absolute Gasteiger partial charge is 0.550 e. The van der Waals surface area contributed by atoms with Crippen LogP contribution in [0.15, 0.2) is 0 Å². The van der Waals surface area contributed by atoms with Crippen molar-refractivity contribution in [1.29, 1.82) is 0 Å². The number of carboxylic acid groups (broad SMARTS) is 2. The summed E-state index contributed by atoms with van der Waals surface area (Å²) in [5.41, 5.74) is -0.343. The number of rotatable bonds is 8. The molecule has 0 aromatic rings. The van der Waals surface area contributed by atoms with E-state index in [0.717, 1.165) is 89.9 Å². The van der Waals surface area contributed by atoms with Crippen LogP contribution in [0.4, 0.5) is 0 Å². The first-order valence-corrected chi connectivity index (χ1v) is 23.7. The molecule has 0 aromatic heterocycles. The first-order valence-electron chi connectivity index (χ1n) is 23.7. The summed E-state index contributed by atoms with van der Waals surface area (Å²) in [6, 6.07) is 0. The predicted molar refractivity (Wildman–Crippen MR) is 221 cm³/mol. The summed E-state index contributed by atoms with van der Waals surface area (Å²) in [6.45, 7) is 13.3. The normalized spacial score (nSPS) is 52.0. The monoisotopic (exact) mass is 902 g/mol. The molecule has 0 spiro atoms. The molecule has 0 saturated heterocycles. The Kier molecular flexibility index (Phi) is 15.0. The van der Waals surface area contributed by atoms with Crippen LogP contribution in [-0.4, -0.2) is 125 Å². The first-order chi connectivity index (χ1) is 27.2. The zero-order valence-electron chi connectivity index (χ0n) is 37.1. The van der Waals surface area contributed by atoms with Crippen LogP contribution >= 0.6 is 0 Å². The molecule has 0 heterocycles. The molecule has 6 N–H and O–H groups in total. The summed E-state index contributed by atoms with van der Waals surface area (Å²) in [5, 5.41) is 87.7. The van der Waals surface area contributed by atoms with Gasteiger partial charge < -0.3 is 50.4 Å². The van der Waals surface area contributed by atoms with Crippen molar-refractivity contribution in [2.75, 3.05) is 0 Å². The quantitative estimate of drug-likeness (QED) is 0.195. The van der Waals surface area contributed by atoms with Crippen LogP contribution in [0, 0.1) is 92.7 Å². The topological polar surface area (TPSA) is 202 Å². The zero-order valence-corrected chi connectivity index (χ0v) is 40.6. The van der Waals surface area contributed by atoms with Crippen molar-refractivity contribution in [3.8, 4) is 0 Å². The van der Waals surface area contributed by atoms with E-state index >= 15 is 0 Å². The van der Waals surface area contributed by atoms with E-state index in [1.807, 2.05) is 0 Å². The van der Waals surface area contributed by atoms with E-state index in [-0.39, 0.29) is 152 Å². The summed E-state index contributed by atoms with van der Waals surface area (Å²) in [4.78, 5) is 21.9. The van der Waals surface area contributed by atoms with Gasteiger partial charge in [-0.1, -0.05) is 41.5 Å². The Labute approximate surface area is 391 Å². The van der Waals surface area contributed by atoms with E-state index < -0.39 is 24.1 Å². The fourth-order valence-corrected chi connectivity index (χ4v) is 17.4. The molecule has 22 atom stereocenters. The number of hydrogen-bond acceptors (Lipinski definition) is 10. The molecule has 8 saturated carbocycles. The molecular weight excluding hydrogens is 824 g/mol. The van der Waals surface area contributed by atoms with Gasteiger partial charge >= 0.3 is 45.5 Å². The van der Waals surface area contributed by atoms with Crippen LogP contribution < -0.4 is 10.2 Å². The standard InChI is InChI=1S/2C24H40O5.Sr/c2*1-13(4-7-21(28)29)16-5-6-17-22-18(12-20(27)24(16,17)3)23(2)9-8-15(25)10-14(23)11-19(22)26;/h2*13-20,22,25-27H,4-12H2,1-3H3,(H,28,29);/q;;+2/p-2. The molecule has 0 aromatic carbocycles. The molecule has 8 aliphatic carbocycles. The average molecular weight is 903 g/mol. The van der Waals surface area contributed by atoms with Gasteiger partial charge in [0.2, 0.25) is 0 Å². The van der Waals surface area contributed by atoms with E-state index in [1.165, 1.54) is 0 Å². The van der Waals surface area contributed by atoms with Crippen LogP contribution in [0.3, 0.4) is 0 Å². The largest absolute Gasteiger partial charge is 2.00 e. The molecule has 59 heavy (non-hydrogen) atoms. The molecule has 22 unspecified atom stereocenters. The van der Waals surface area contributed by atoms with Gasteiger partial charge in [0.05, 0.1) is 36.6 Å². The molecule has 10 nitrogen and oxygen atoms in total. The summed E-state index contributed by atoms with van der Waals surface area (Å²) in [7, 11) is 0. The Morgan fingerprint density at radius 2 is 0.898 bits per heavy atom. The van der Waals surface area contributed by atoms with Gasteiger partial charge in [-0.2, -0.15) is 0 Å². The van der Waals surface area contributed by atoms with E-state index in [1.54, 1.807) is 0 Å². The van der Waals surface area contributed by atoms with Crippen molar-refractivity contribution in [3.63, 3.8) is 0 Å². The van der Waals surface area contributed by atoms with Crippen molar-refractivity contribution < 1.29 is 50.4 Å². The first kappa shape index (κ1) is 48.6. The third-order valence-corrected chi connectivity index (χ3v) is 20.6. The number of carbonyl (C=O) groups excluding carboxylic acids is 2. The number of fused-ring (bicyclic) bond motifs is 10. The minimum atomic E-state index is -0.998. The molecular formula is C48H78O10Sr. The number of aliphatic hydroxyl groups is 6.